The van der Waals surface area contributed by atoms with Crippen molar-refractivity contribution >= 4 is 33.5 Å². The van der Waals surface area contributed by atoms with Gasteiger partial charge in [0, 0.05) is 16.9 Å². The van der Waals surface area contributed by atoms with Gasteiger partial charge in [-0.15, -0.1) is 0 Å². The van der Waals surface area contributed by atoms with Crippen molar-refractivity contribution in [1.29, 1.82) is 0 Å². The highest BCUT2D eigenvalue weighted by atomic mass is 79.9. The molecule has 1 rings (SSSR count). The fourth-order valence-electron chi connectivity index (χ4n) is 1.53. The first-order chi connectivity index (χ1) is 9.12. The van der Waals surface area contributed by atoms with Crippen LogP contribution in [0, 0.1) is 5.41 Å². The summed E-state index contributed by atoms with van der Waals surface area (Å²) in [4.78, 5) is 23.1. The summed E-state index contributed by atoms with van der Waals surface area (Å²) in [6, 6.07) is 4.40. The Morgan fingerprint density at radius 2 is 2.00 bits per heavy atom. The summed E-state index contributed by atoms with van der Waals surface area (Å²) < 4.78 is 0.523. The number of carbonyl (C=O) groups excluding carboxylic acids is 1. The molecule has 1 unspecified atom stereocenters. The smallest absolute Gasteiger partial charge is 0.337 e. The van der Waals surface area contributed by atoms with Crippen LogP contribution in [-0.4, -0.2) is 23.0 Å². The molecule has 0 aliphatic rings. The van der Waals surface area contributed by atoms with Gasteiger partial charge in [0.25, 0.3) is 0 Å². The Morgan fingerprint density at radius 3 is 2.50 bits per heavy atom. The Kier molecular flexibility index (Phi) is 5.30. The van der Waals surface area contributed by atoms with Crippen LogP contribution >= 0.6 is 15.9 Å². The molecule has 0 radical (unpaired) electrons. The zero-order chi connectivity index (χ0) is 15.5. The standard InChI is InChI=1S/C14H19BrN2O3/c1-14(2,3)10(16)7-11(18)17-12-8(13(19)20)5-4-6-9(12)15/h4-6,10H,7,16H2,1-3H3,(H,17,18)(H,19,20). The van der Waals surface area contributed by atoms with Gasteiger partial charge in [-0.2, -0.15) is 0 Å². The molecule has 0 saturated carbocycles. The zero-order valence-electron chi connectivity index (χ0n) is 11.7. The minimum absolute atomic E-state index is 0.0389. The number of nitrogens with one attached hydrogen (secondary N) is 1. The molecule has 0 spiro atoms. The van der Waals surface area contributed by atoms with Gasteiger partial charge in [0.1, 0.15) is 0 Å². The summed E-state index contributed by atoms with van der Waals surface area (Å²) >= 11 is 3.24. The van der Waals surface area contributed by atoms with Gasteiger partial charge in [-0.25, -0.2) is 4.79 Å². The van der Waals surface area contributed by atoms with Crippen molar-refractivity contribution in [3.63, 3.8) is 0 Å². The lowest BCUT2D eigenvalue weighted by Gasteiger charge is -2.26. The van der Waals surface area contributed by atoms with Crippen molar-refractivity contribution < 1.29 is 14.7 Å². The number of nitrogens with two attached hydrogens (primary N) is 1. The lowest BCUT2D eigenvalue weighted by atomic mass is 9.85. The SMILES string of the molecule is CC(C)(C)C(N)CC(=O)Nc1c(Br)cccc1C(=O)O. The number of hydrogen-bond donors (Lipinski definition) is 3. The monoisotopic (exact) mass is 342 g/mol. The molecule has 1 amide bonds. The Morgan fingerprint density at radius 1 is 1.40 bits per heavy atom. The number of carboxylic acid groups (broad SMARTS) is 1. The van der Waals surface area contributed by atoms with Crippen molar-refractivity contribution in [3.05, 3.63) is 28.2 Å². The predicted molar refractivity (Wildman–Crippen MR) is 81.8 cm³/mol. The number of anilines is 1. The number of benzene rings is 1. The lowest BCUT2D eigenvalue weighted by Crippen LogP contribution is -2.38. The molecule has 4 N–H and O–H groups in total. The van der Waals surface area contributed by atoms with E-state index in [-0.39, 0.29) is 35.0 Å². The van der Waals surface area contributed by atoms with Crippen molar-refractivity contribution in [3.8, 4) is 0 Å². The number of halogens is 1. The lowest BCUT2D eigenvalue weighted by molar-refractivity contribution is -0.117. The number of aromatic carboxylic acids is 1. The largest absolute Gasteiger partial charge is 0.478 e. The quantitative estimate of drug-likeness (QED) is 0.784. The second kappa shape index (κ2) is 6.37. The van der Waals surface area contributed by atoms with Gasteiger partial charge in [0.15, 0.2) is 0 Å². The van der Waals surface area contributed by atoms with Gasteiger partial charge >= 0.3 is 5.97 Å². The van der Waals surface area contributed by atoms with Crippen LogP contribution in [0.25, 0.3) is 0 Å². The van der Waals surface area contributed by atoms with Crippen molar-refractivity contribution in [2.24, 2.45) is 11.1 Å². The molecule has 5 nitrogen and oxygen atoms in total. The first-order valence-electron chi connectivity index (χ1n) is 6.20. The fourth-order valence-corrected chi connectivity index (χ4v) is 1.99. The first-order valence-corrected chi connectivity index (χ1v) is 6.99. The normalized spacial score (nSPS) is 12.8. The van der Waals surface area contributed by atoms with E-state index < -0.39 is 5.97 Å². The summed E-state index contributed by atoms with van der Waals surface area (Å²) in [7, 11) is 0. The maximum absolute atomic E-state index is 12.0. The molecular weight excluding hydrogens is 324 g/mol. The third-order valence-electron chi connectivity index (χ3n) is 3.03. The molecule has 0 fully saturated rings. The minimum Gasteiger partial charge on any atom is -0.478 e. The van der Waals surface area contributed by atoms with Crippen LogP contribution in [0.3, 0.4) is 0 Å². The predicted octanol–water partition coefficient (Wildman–Crippen LogP) is 2.85. The molecular formula is C14H19BrN2O3. The average molecular weight is 343 g/mol. The van der Waals surface area contributed by atoms with Gasteiger partial charge in [-0.1, -0.05) is 26.8 Å². The Labute approximate surface area is 126 Å². The number of carbonyl (C=O) groups is 2. The Balaban J connectivity index is 2.89. The highest BCUT2D eigenvalue weighted by Gasteiger charge is 2.24. The van der Waals surface area contributed by atoms with Crippen molar-refractivity contribution in [1.82, 2.24) is 0 Å². The van der Waals surface area contributed by atoms with Crippen molar-refractivity contribution in [2.75, 3.05) is 5.32 Å². The summed E-state index contributed by atoms with van der Waals surface area (Å²) in [5.41, 5.74) is 6.05. The topological polar surface area (TPSA) is 92.4 Å². The minimum atomic E-state index is -1.10. The van der Waals surface area contributed by atoms with E-state index in [1.807, 2.05) is 20.8 Å². The van der Waals surface area contributed by atoms with Crippen LogP contribution in [-0.2, 0) is 4.79 Å². The zero-order valence-corrected chi connectivity index (χ0v) is 13.3. The molecule has 0 bridgehead atoms. The molecule has 0 aliphatic heterocycles. The molecule has 0 saturated heterocycles. The van der Waals surface area contributed by atoms with E-state index in [0.29, 0.717) is 4.47 Å². The summed E-state index contributed by atoms with van der Waals surface area (Å²) in [5, 5.41) is 11.7. The molecule has 1 aromatic carbocycles. The molecule has 20 heavy (non-hydrogen) atoms. The molecule has 0 heterocycles. The van der Waals surface area contributed by atoms with E-state index in [1.165, 1.54) is 6.07 Å². The van der Waals surface area contributed by atoms with Crippen LogP contribution in [0.4, 0.5) is 5.69 Å². The number of carboxylic acids is 1. The summed E-state index contributed by atoms with van der Waals surface area (Å²) in [6.07, 6.45) is 0.129. The number of amides is 1. The van der Waals surface area contributed by atoms with Gasteiger partial charge in [-0.05, 0) is 33.5 Å². The van der Waals surface area contributed by atoms with E-state index >= 15 is 0 Å². The maximum atomic E-state index is 12.0. The molecule has 0 aromatic heterocycles. The average Bonchev–Trinajstić information content (AvgIpc) is 2.30. The van der Waals surface area contributed by atoms with Crippen LogP contribution in [0.2, 0.25) is 0 Å². The van der Waals surface area contributed by atoms with Crippen LogP contribution in [0.15, 0.2) is 22.7 Å². The van der Waals surface area contributed by atoms with Crippen LogP contribution in [0.1, 0.15) is 37.6 Å². The summed E-state index contributed by atoms with van der Waals surface area (Å²) in [5.74, 6) is -1.40. The first kappa shape index (κ1) is 16.7. The number of rotatable bonds is 4. The fraction of sp³-hybridized carbons (Fsp3) is 0.429. The van der Waals surface area contributed by atoms with E-state index in [0.717, 1.165) is 0 Å². The van der Waals surface area contributed by atoms with E-state index in [1.54, 1.807) is 12.1 Å². The van der Waals surface area contributed by atoms with E-state index in [9.17, 15) is 9.59 Å². The number of hydrogen-bond acceptors (Lipinski definition) is 3. The highest BCUT2D eigenvalue weighted by molar-refractivity contribution is 9.10. The second-order valence-corrected chi connectivity index (χ2v) is 6.55. The Hall–Kier alpha value is -1.40. The second-order valence-electron chi connectivity index (χ2n) is 5.69. The van der Waals surface area contributed by atoms with Crippen LogP contribution < -0.4 is 11.1 Å². The molecule has 1 atom stereocenters. The van der Waals surface area contributed by atoms with Crippen molar-refractivity contribution in [2.45, 2.75) is 33.2 Å². The third-order valence-corrected chi connectivity index (χ3v) is 3.69. The summed E-state index contributed by atoms with van der Waals surface area (Å²) in [6.45, 7) is 5.85. The van der Waals surface area contributed by atoms with Gasteiger partial charge < -0.3 is 16.2 Å². The van der Waals surface area contributed by atoms with Gasteiger partial charge in [0.2, 0.25) is 5.91 Å². The molecule has 1 aromatic rings. The third kappa shape index (κ3) is 4.31. The highest BCUT2D eigenvalue weighted by Crippen LogP contribution is 2.27. The molecule has 6 heteroatoms. The van der Waals surface area contributed by atoms with Gasteiger partial charge in [0.05, 0.1) is 11.3 Å². The number of para-hydroxylation sites is 1. The van der Waals surface area contributed by atoms with E-state index in [2.05, 4.69) is 21.2 Å². The maximum Gasteiger partial charge on any atom is 0.337 e. The Bertz CT molecular complexity index is 524. The molecule has 0 aliphatic carbocycles. The van der Waals surface area contributed by atoms with E-state index in [4.69, 9.17) is 10.8 Å². The molecule has 110 valence electrons. The van der Waals surface area contributed by atoms with Gasteiger partial charge in [-0.3, -0.25) is 4.79 Å². The van der Waals surface area contributed by atoms with Crippen LogP contribution in [0.5, 0.6) is 0 Å².